The average molecular weight is 312 g/mol. The highest BCUT2D eigenvalue weighted by atomic mass is 35.5. The number of benzene rings is 2. The number of hydrogen-bond donors (Lipinski definition) is 1. The Hall–Kier alpha value is -2.51. The summed E-state index contributed by atoms with van der Waals surface area (Å²) in [5.41, 5.74) is 2.26. The molecule has 1 N–H and O–H groups in total. The maximum absolute atomic E-state index is 12.5. The van der Waals surface area contributed by atoms with Crippen molar-refractivity contribution in [1.82, 2.24) is 0 Å². The van der Waals surface area contributed by atoms with E-state index in [1.807, 2.05) is 24.3 Å². The highest BCUT2D eigenvalue weighted by Gasteiger charge is 2.32. The highest BCUT2D eigenvalue weighted by molar-refractivity contribution is 6.31. The molecular weight excluding hydrogens is 298 g/mol. The molecule has 0 aromatic heterocycles. The quantitative estimate of drug-likeness (QED) is 0.945. The van der Waals surface area contributed by atoms with E-state index in [1.165, 1.54) is 0 Å². The van der Waals surface area contributed by atoms with Gasteiger partial charge in [-0.1, -0.05) is 17.7 Å². The first-order valence-corrected chi connectivity index (χ1v) is 7.39. The first-order chi connectivity index (χ1) is 10.7. The fourth-order valence-electron chi connectivity index (χ4n) is 2.56. The third-order valence-corrected chi connectivity index (χ3v) is 3.92. The van der Waals surface area contributed by atoms with Crippen LogP contribution in [0.2, 0.25) is 5.02 Å². The molecule has 1 amide bonds. The van der Waals surface area contributed by atoms with Crippen molar-refractivity contribution < 1.29 is 4.79 Å². The van der Waals surface area contributed by atoms with Crippen molar-refractivity contribution in [2.24, 2.45) is 0 Å². The van der Waals surface area contributed by atoms with Gasteiger partial charge in [0, 0.05) is 22.9 Å². The van der Waals surface area contributed by atoms with E-state index in [1.54, 1.807) is 29.2 Å². The number of nitrogens with zero attached hydrogens (tertiary/aromatic N) is 2. The van der Waals surface area contributed by atoms with Crippen molar-refractivity contribution in [2.75, 3.05) is 16.8 Å². The topological polar surface area (TPSA) is 56.1 Å². The van der Waals surface area contributed by atoms with Gasteiger partial charge >= 0.3 is 0 Å². The normalized spacial score (nSPS) is 17.4. The van der Waals surface area contributed by atoms with Gasteiger partial charge in [-0.2, -0.15) is 5.26 Å². The number of halogens is 1. The molecule has 0 aliphatic carbocycles. The standard InChI is InChI=1S/C17H14ClN3O/c18-13-2-1-3-15(10-13)21-9-8-16(17(21)22)20-14-6-4-12(11-19)5-7-14/h1-7,10,16,20H,8-9H2. The Morgan fingerprint density at radius 3 is 2.68 bits per heavy atom. The number of rotatable bonds is 3. The third-order valence-electron chi connectivity index (χ3n) is 3.68. The number of anilines is 2. The van der Waals surface area contributed by atoms with E-state index in [-0.39, 0.29) is 11.9 Å². The largest absolute Gasteiger partial charge is 0.374 e. The molecule has 1 unspecified atom stereocenters. The van der Waals surface area contributed by atoms with Gasteiger partial charge in [0.25, 0.3) is 0 Å². The zero-order valence-corrected chi connectivity index (χ0v) is 12.5. The van der Waals surface area contributed by atoms with E-state index in [0.29, 0.717) is 17.1 Å². The van der Waals surface area contributed by atoms with E-state index in [4.69, 9.17) is 16.9 Å². The van der Waals surface area contributed by atoms with Crippen LogP contribution in [0, 0.1) is 11.3 Å². The van der Waals surface area contributed by atoms with E-state index < -0.39 is 0 Å². The Kier molecular flexibility index (Phi) is 3.99. The number of hydrogen-bond acceptors (Lipinski definition) is 3. The summed E-state index contributed by atoms with van der Waals surface area (Å²) in [7, 11) is 0. The monoisotopic (exact) mass is 311 g/mol. The maximum Gasteiger partial charge on any atom is 0.249 e. The summed E-state index contributed by atoms with van der Waals surface area (Å²) in [6.07, 6.45) is 0.728. The lowest BCUT2D eigenvalue weighted by Gasteiger charge is -2.18. The second-order valence-electron chi connectivity index (χ2n) is 5.14. The van der Waals surface area contributed by atoms with Crippen LogP contribution in [0.3, 0.4) is 0 Å². The van der Waals surface area contributed by atoms with Gasteiger partial charge in [-0.15, -0.1) is 0 Å². The third kappa shape index (κ3) is 2.90. The minimum Gasteiger partial charge on any atom is -0.374 e. The molecule has 0 radical (unpaired) electrons. The highest BCUT2D eigenvalue weighted by Crippen LogP contribution is 2.26. The second kappa shape index (κ2) is 6.08. The van der Waals surface area contributed by atoms with Crippen molar-refractivity contribution in [3.05, 3.63) is 59.1 Å². The Morgan fingerprint density at radius 1 is 1.23 bits per heavy atom. The first-order valence-electron chi connectivity index (χ1n) is 7.01. The van der Waals surface area contributed by atoms with E-state index in [0.717, 1.165) is 17.8 Å². The van der Waals surface area contributed by atoms with E-state index in [2.05, 4.69) is 11.4 Å². The molecule has 1 heterocycles. The van der Waals surface area contributed by atoms with Gasteiger partial charge in [-0.05, 0) is 48.9 Å². The van der Waals surface area contributed by atoms with Crippen LogP contribution in [0.5, 0.6) is 0 Å². The number of nitriles is 1. The molecule has 1 atom stereocenters. The van der Waals surface area contributed by atoms with Gasteiger partial charge in [-0.3, -0.25) is 4.79 Å². The molecule has 22 heavy (non-hydrogen) atoms. The Bertz CT molecular complexity index is 736. The van der Waals surface area contributed by atoms with Gasteiger partial charge in [0.1, 0.15) is 6.04 Å². The average Bonchev–Trinajstić information content (AvgIpc) is 2.89. The summed E-state index contributed by atoms with van der Waals surface area (Å²) in [6.45, 7) is 0.660. The van der Waals surface area contributed by atoms with Crippen molar-refractivity contribution in [3.8, 4) is 6.07 Å². The van der Waals surface area contributed by atoms with Crippen LogP contribution in [0.1, 0.15) is 12.0 Å². The summed E-state index contributed by atoms with van der Waals surface area (Å²) < 4.78 is 0. The van der Waals surface area contributed by atoms with Gasteiger partial charge in [0.15, 0.2) is 0 Å². The second-order valence-corrected chi connectivity index (χ2v) is 5.58. The molecule has 1 aliphatic heterocycles. The predicted molar refractivity (Wildman–Crippen MR) is 87.0 cm³/mol. The lowest BCUT2D eigenvalue weighted by atomic mass is 10.2. The molecular formula is C17H14ClN3O. The van der Waals surface area contributed by atoms with Gasteiger partial charge < -0.3 is 10.2 Å². The number of nitrogens with one attached hydrogen (secondary N) is 1. The van der Waals surface area contributed by atoms with Crippen molar-refractivity contribution >= 4 is 28.9 Å². The van der Waals surface area contributed by atoms with Crippen molar-refractivity contribution in [2.45, 2.75) is 12.5 Å². The van der Waals surface area contributed by atoms with Crippen molar-refractivity contribution in [3.63, 3.8) is 0 Å². The molecule has 2 aromatic rings. The number of carbonyl (C=O) groups is 1. The lowest BCUT2D eigenvalue weighted by molar-refractivity contribution is -0.117. The number of carbonyl (C=O) groups excluding carboxylic acids is 1. The molecule has 0 saturated carbocycles. The van der Waals surface area contributed by atoms with Crippen LogP contribution in [0.15, 0.2) is 48.5 Å². The Morgan fingerprint density at radius 2 is 2.00 bits per heavy atom. The Labute approximate surface area is 133 Å². The smallest absolute Gasteiger partial charge is 0.249 e. The van der Waals surface area contributed by atoms with Crippen LogP contribution in [-0.2, 0) is 4.79 Å². The van der Waals surface area contributed by atoms with Crippen LogP contribution >= 0.6 is 11.6 Å². The summed E-state index contributed by atoms with van der Waals surface area (Å²) in [6, 6.07) is 16.2. The molecule has 3 rings (SSSR count). The van der Waals surface area contributed by atoms with Crippen molar-refractivity contribution in [1.29, 1.82) is 5.26 Å². The molecule has 1 saturated heterocycles. The summed E-state index contributed by atoms with van der Waals surface area (Å²) in [4.78, 5) is 14.3. The van der Waals surface area contributed by atoms with Gasteiger partial charge in [0.2, 0.25) is 5.91 Å². The molecule has 110 valence electrons. The minimum atomic E-state index is -0.257. The van der Waals surface area contributed by atoms with Crippen LogP contribution < -0.4 is 10.2 Å². The van der Waals surface area contributed by atoms with Crippen LogP contribution in [-0.4, -0.2) is 18.5 Å². The lowest BCUT2D eigenvalue weighted by Crippen LogP contribution is -2.33. The molecule has 1 aliphatic rings. The summed E-state index contributed by atoms with van der Waals surface area (Å²) >= 11 is 5.99. The van der Waals surface area contributed by atoms with E-state index in [9.17, 15) is 4.79 Å². The minimum absolute atomic E-state index is 0.0339. The van der Waals surface area contributed by atoms with Gasteiger partial charge in [0.05, 0.1) is 11.6 Å². The molecule has 2 aromatic carbocycles. The molecule has 0 spiro atoms. The zero-order chi connectivity index (χ0) is 15.5. The molecule has 4 nitrogen and oxygen atoms in total. The summed E-state index contributed by atoms with van der Waals surface area (Å²) in [5.74, 6) is 0.0339. The first kappa shape index (κ1) is 14.4. The maximum atomic E-state index is 12.5. The Balaban J connectivity index is 1.72. The molecule has 0 bridgehead atoms. The van der Waals surface area contributed by atoms with Gasteiger partial charge in [-0.25, -0.2) is 0 Å². The summed E-state index contributed by atoms with van der Waals surface area (Å²) in [5, 5.41) is 12.6. The van der Waals surface area contributed by atoms with E-state index >= 15 is 0 Å². The fourth-order valence-corrected chi connectivity index (χ4v) is 2.74. The SMILES string of the molecule is N#Cc1ccc(NC2CCN(c3cccc(Cl)c3)C2=O)cc1. The molecule has 5 heteroatoms. The fraction of sp³-hybridized carbons (Fsp3) is 0.176. The predicted octanol–water partition coefficient (Wildman–Crippen LogP) is 3.43. The zero-order valence-electron chi connectivity index (χ0n) is 11.8. The van der Waals surface area contributed by atoms with Crippen LogP contribution in [0.25, 0.3) is 0 Å². The molecule has 1 fully saturated rings. The van der Waals surface area contributed by atoms with Crippen LogP contribution in [0.4, 0.5) is 11.4 Å². The number of amides is 1.